The zero-order valence-corrected chi connectivity index (χ0v) is 18.4. The van der Waals surface area contributed by atoms with Gasteiger partial charge in [0.25, 0.3) is 5.91 Å². The minimum atomic E-state index is -5.08. The number of hydrogen-bond acceptors (Lipinski definition) is 5. The fraction of sp³-hybridized carbons (Fsp3) is 0.136. The summed E-state index contributed by atoms with van der Waals surface area (Å²) in [7, 11) is 0. The molecule has 1 aromatic heterocycles. The Morgan fingerprint density at radius 3 is 2.06 bits per heavy atom. The number of aliphatic hydroxyl groups is 1. The Hall–Kier alpha value is -3.44. The molecular formula is C22H18BrF3N2O5. The van der Waals surface area contributed by atoms with Crippen molar-refractivity contribution in [3.05, 3.63) is 88.7 Å². The van der Waals surface area contributed by atoms with Crippen LogP contribution < -0.4 is 10.1 Å². The average molecular weight is 527 g/mol. The minimum Gasteiger partial charge on any atom is -0.491 e. The normalized spacial score (nSPS) is 11.5. The smallest absolute Gasteiger partial charge is 0.490 e. The fourth-order valence-electron chi connectivity index (χ4n) is 2.30. The van der Waals surface area contributed by atoms with E-state index in [-0.39, 0.29) is 12.5 Å². The first kappa shape index (κ1) is 25.8. The molecule has 0 bridgehead atoms. The number of halogens is 4. The number of aliphatic carboxylic acids is 1. The molecule has 11 heteroatoms. The SMILES string of the molecule is O=C(Nc1ccncc1)c1ccc(OCC(O)c2ccc(Br)cc2)cc1.O=C(O)C(F)(F)F. The second-order valence-electron chi connectivity index (χ2n) is 6.40. The van der Waals surface area contributed by atoms with E-state index in [0.29, 0.717) is 17.0 Å². The molecule has 33 heavy (non-hydrogen) atoms. The number of alkyl halides is 3. The molecule has 0 saturated carbocycles. The van der Waals surface area contributed by atoms with Gasteiger partial charge in [-0.1, -0.05) is 28.1 Å². The van der Waals surface area contributed by atoms with Gasteiger partial charge in [0.2, 0.25) is 0 Å². The third kappa shape index (κ3) is 8.91. The molecule has 3 rings (SSSR count). The summed E-state index contributed by atoms with van der Waals surface area (Å²) in [6, 6.07) is 17.6. The molecule has 1 heterocycles. The van der Waals surface area contributed by atoms with Crippen molar-refractivity contribution in [1.82, 2.24) is 4.98 Å². The van der Waals surface area contributed by atoms with Crippen molar-refractivity contribution < 1.29 is 37.7 Å². The number of amides is 1. The van der Waals surface area contributed by atoms with Gasteiger partial charge in [-0.25, -0.2) is 4.79 Å². The summed E-state index contributed by atoms with van der Waals surface area (Å²) in [6.45, 7) is 0.129. The molecule has 1 amide bonds. The highest BCUT2D eigenvalue weighted by molar-refractivity contribution is 9.10. The summed E-state index contributed by atoms with van der Waals surface area (Å²) in [5.41, 5.74) is 1.98. The number of carboxylic acids is 1. The highest BCUT2D eigenvalue weighted by atomic mass is 79.9. The number of anilines is 1. The molecule has 0 spiro atoms. The summed E-state index contributed by atoms with van der Waals surface area (Å²) in [5.74, 6) is -2.38. The van der Waals surface area contributed by atoms with Crippen LogP contribution in [0.3, 0.4) is 0 Å². The van der Waals surface area contributed by atoms with Crippen LogP contribution in [0.1, 0.15) is 22.0 Å². The van der Waals surface area contributed by atoms with Crippen molar-refractivity contribution in [1.29, 1.82) is 0 Å². The molecule has 174 valence electrons. The van der Waals surface area contributed by atoms with E-state index in [1.54, 1.807) is 48.8 Å². The number of pyridine rings is 1. The first-order chi connectivity index (χ1) is 15.6. The number of nitrogens with zero attached hydrogens (tertiary/aromatic N) is 1. The van der Waals surface area contributed by atoms with E-state index in [0.717, 1.165) is 10.0 Å². The maximum atomic E-state index is 12.2. The quantitative estimate of drug-likeness (QED) is 0.424. The van der Waals surface area contributed by atoms with Crippen molar-refractivity contribution in [2.75, 3.05) is 11.9 Å². The lowest BCUT2D eigenvalue weighted by Crippen LogP contribution is -2.21. The molecule has 0 aliphatic heterocycles. The van der Waals surface area contributed by atoms with Crippen LogP contribution in [-0.2, 0) is 4.79 Å². The summed E-state index contributed by atoms with van der Waals surface area (Å²) < 4.78 is 38.3. The number of ether oxygens (including phenoxy) is 1. The summed E-state index contributed by atoms with van der Waals surface area (Å²) in [5, 5.41) is 20.1. The van der Waals surface area contributed by atoms with E-state index >= 15 is 0 Å². The van der Waals surface area contributed by atoms with Crippen LogP contribution in [0.5, 0.6) is 5.75 Å². The third-order valence-electron chi connectivity index (χ3n) is 3.96. The van der Waals surface area contributed by atoms with Crippen LogP contribution in [0.15, 0.2) is 77.5 Å². The second-order valence-corrected chi connectivity index (χ2v) is 7.31. The van der Waals surface area contributed by atoms with Gasteiger partial charge in [0.15, 0.2) is 0 Å². The molecule has 7 nitrogen and oxygen atoms in total. The molecule has 3 aromatic rings. The van der Waals surface area contributed by atoms with E-state index in [1.807, 2.05) is 24.3 Å². The zero-order valence-electron chi connectivity index (χ0n) is 16.8. The van der Waals surface area contributed by atoms with Crippen molar-refractivity contribution >= 4 is 33.5 Å². The van der Waals surface area contributed by atoms with Gasteiger partial charge in [-0.2, -0.15) is 13.2 Å². The number of benzene rings is 2. The standard InChI is InChI=1S/C20H17BrN2O3.C2HF3O2/c21-16-5-1-14(2-6-16)19(24)13-26-18-7-3-15(4-8-18)20(25)23-17-9-11-22-12-10-17;3-2(4,5)1(6)7/h1-12,19,24H,13H2,(H,22,23,25);(H,6,7). The van der Waals surface area contributed by atoms with E-state index in [1.165, 1.54) is 0 Å². The van der Waals surface area contributed by atoms with E-state index < -0.39 is 18.2 Å². The predicted octanol–water partition coefficient (Wildman–Crippen LogP) is 4.84. The molecule has 0 aliphatic rings. The molecule has 0 radical (unpaired) electrons. The fourth-order valence-corrected chi connectivity index (χ4v) is 2.56. The van der Waals surface area contributed by atoms with Gasteiger partial charge in [-0.05, 0) is 54.1 Å². The molecule has 0 saturated heterocycles. The largest absolute Gasteiger partial charge is 0.491 e. The number of carbonyl (C=O) groups is 2. The van der Waals surface area contributed by atoms with Crippen LogP contribution in [-0.4, -0.2) is 39.9 Å². The van der Waals surface area contributed by atoms with E-state index in [2.05, 4.69) is 26.2 Å². The predicted molar refractivity (Wildman–Crippen MR) is 117 cm³/mol. The average Bonchev–Trinajstić information content (AvgIpc) is 2.78. The molecule has 1 unspecified atom stereocenters. The van der Waals surface area contributed by atoms with Gasteiger partial charge in [-0.15, -0.1) is 0 Å². The number of carboxylic acid groups (broad SMARTS) is 1. The molecule has 1 atom stereocenters. The Kier molecular flexibility index (Phi) is 9.37. The highest BCUT2D eigenvalue weighted by Gasteiger charge is 2.38. The Morgan fingerprint density at radius 1 is 1.00 bits per heavy atom. The molecule has 3 N–H and O–H groups in total. The van der Waals surface area contributed by atoms with Crippen molar-refractivity contribution in [2.24, 2.45) is 0 Å². The lowest BCUT2D eigenvalue weighted by molar-refractivity contribution is -0.192. The number of nitrogens with one attached hydrogen (secondary N) is 1. The van der Waals surface area contributed by atoms with Crippen molar-refractivity contribution in [3.8, 4) is 5.75 Å². The van der Waals surface area contributed by atoms with Crippen molar-refractivity contribution in [2.45, 2.75) is 12.3 Å². The lowest BCUT2D eigenvalue weighted by atomic mass is 10.1. The number of aliphatic hydroxyl groups excluding tert-OH is 1. The van der Waals surface area contributed by atoms with Gasteiger partial charge in [0.05, 0.1) is 0 Å². The number of aromatic nitrogens is 1. The molecule has 0 fully saturated rings. The maximum Gasteiger partial charge on any atom is 0.490 e. The summed E-state index contributed by atoms with van der Waals surface area (Å²) in [4.78, 5) is 25.0. The number of carbonyl (C=O) groups excluding carboxylic acids is 1. The molecule has 0 aliphatic carbocycles. The van der Waals surface area contributed by atoms with Crippen molar-refractivity contribution in [3.63, 3.8) is 0 Å². The summed E-state index contributed by atoms with van der Waals surface area (Å²) in [6.07, 6.45) is -2.58. The molecule has 2 aromatic carbocycles. The Bertz CT molecular complexity index is 1050. The zero-order chi connectivity index (χ0) is 24.4. The van der Waals surface area contributed by atoms with Crippen LogP contribution in [0.25, 0.3) is 0 Å². The van der Waals surface area contributed by atoms with E-state index in [4.69, 9.17) is 14.6 Å². The minimum absolute atomic E-state index is 0.129. The van der Waals surface area contributed by atoms with Gasteiger partial charge < -0.3 is 20.3 Å². The van der Waals surface area contributed by atoms with Crippen LogP contribution >= 0.6 is 15.9 Å². The van der Waals surface area contributed by atoms with Crippen LogP contribution in [0.4, 0.5) is 18.9 Å². The first-order valence-corrected chi connectivity index (χ1v) is 10.0. The number of hydrogen-bond donors (Lipinski definition) is 3. The van der Waals surface area contributed by atoms with Gasteiger partial charge in [0, 0.05) is 28.1 Å². The summed E-state index contributed by atoms with van der Waals surface area (Å²) >= 11 is 3.36. The Morgan fingerprint density at radius 2 is 1.55 bits per heavy atom. The Labute approximate surface area is 195 Å². The lowest BCUT2D eigenvalue weighted by Gasteiger charge is -2.13. The third-order valence-corrected chi connectivity index (χ3v) is 4.49. The van der Waals surface area contributed by atoms with Gasteiger partial charge >= 0.3 is 12.1 Å². The Balaban J connectivity index is 0.000000479. The topological polar surface area (TPSA) is 109 Å². The van der Waals surface area contributed by atoms with Gasteiger partial charge in [-0.3, -0.25) is 9.78 Å². The molecular weight excluding hydrogens is 509 g/mol. The van der Waals surface area contributed by atoms with Gasteiger partial charge in [0.1, 0.15) is 18.5 Å². The first-order valence-electron chi connectivity index (χ1n) is 9.24. The number of rotatable bonds is 6. The monoisotopic (exact) mass is 526 g/mol. The highest BCUT2D eigenvalue weighted by Crippen LogP contribution is 2.20. The maximum absolute atomic E-state index is 12.2. The van der Waals surface area contributed by atoms with Crippen LogP contribution in [0, 0.1) is 0 Å². The van der Waals surface area contributed by atoms with E-state index in [9.17, 15) is 23.1 Å². The second kappa shape index (κ2) is 12.0. The van der Waals surface area contributed by atoms with Crippen LogP contribution in [0.2, 0.25) is 0 Å².